The van der Waals surface area contributed by atoms with Gasteiger partial charge >= 0.3 is 5.97 Å². The molecule has 2 N–H and O–H groups in total. The molecule has 3 rings (SSSR count). The van der Waals surface area contributed by atoms with E-state index in [9.17, 15) is 14.7 Å². The van der Waals surface area contributed by atoms with Crippen LogP contribution in [0.3, 0.4) is 0 Å². The number of carbonyl (C=O) groups is 2. The molecular weight excluding hydrogens is 338 g/mol. The molecule has 2 aromatic rings. The molecule has 1 amide bonds. The smallest absolute Gasteiger partial charge is 0.342 e. The first-order valence-electron chi connectivity index (χ1n) is 8.09. The highest BCUT2D eigenvalue weighted by atomic mass is 16.7. The van der Waals surface area contributed by atoms with Gasteiger partial charge in [0.2, 0.25) is 6.79 Å². The van der Waals surface area contributed by atoms with Gasteiger partial charge in [-0.2, -0.15) is 0 Å². The average Bonchev–Trinajstić information content (AvgIpc) is 3.07. The first kappa shape index (κ1) is 17.6. The van der Waals surface area contributed by atoms with E-state index in [1.807, 2.05) is 13.0 Å². The quantitative estimate of drug-likeness (QED) is 0.799. The van der Waals surface area contributed by atoms with Gasteiger partial charge in [-0.05, 0) is 49.2 Å². The van der Waals surface area contributed by atoms with Crippen molar-refractivity contribution in [1.82, 2.24) is 5.32 Å². The number of hydrogen-bond donors (Lipinski definition) is 2. The molecule has 26 heavy (non-hydrogen) atoms. The molecule has 0 fully saturated rings. The molecule has 1 heterocycles. The Kier molecular flexibility index (Phi) is 4.97. The molecule has 7 nitrogen and oxygen atoms in total. The molecule has 0 radical (unpaired) electrons. The van der Waals surface area contributed by atoms with Crippen LogP contribution in [0.15, 0.2) is 36.4 Å². The number of aryl methyl sites for hydroxylation is 1. The van der Waals surface area contributed by atoms with Gasteiger partial charge in [-0.15, -0.1) is 0 Å². The van der Waals surface area contributed by atoms with Crippen LogP contribution in [-0.4, -0.2) is 30.4 Å². The number of benzene rings is 2. The second-order valence-electron chi connectivity index (χ2n) is 6.00. The highest BCUT2D eigenvalue weighted by Crippen LogP contribution is 2.34. The number of hydrogen-bond acceptors (Lipinski definition) is 6. The Morgan fingerprint density at radius 3 is 2.73 bits per heavy atom. The van der Waals surface area contributed by atoms with E-state index in [0.29, 0.717) is 11.5 Å². The molecule has 1 aliphatic rings. The zero-order chi connectivity index (χ0) is 18.7. The second kappa shape index (κ2) is 7.35. The summed E-state index contributed by atoms with van der Waals surface area (Å²) in [4.78, 5) is 24.0. The highest BCUT2D eigenvalue weighted by Gasteiger charge is 2.18. The standard InChI is InChI=1S/C19H19NO6/c1-11-3-5-14(15(21)7-11)19(23)24-9-18(22)20-12(2)13-4-6-16-17(8-13)26-10-25-16/h3-8,12,21H,9-10H2,1-2H3,(H,20,22)/t12-/m0/s1. The lowest BCUT2D eigenvalue weighted by atomic mass is 10.1. The number of esters is 1. The summed E-state index contributed by atoms with van der Waals surface area (Å²) in [5, 5.41) is 12.5. The minimum atomic E-state index is -0.756. The van der Waals surface area contributed by atoms with E-state index in [4.69, 9.17) is 14.2 Å². The van der Waals surface area contributed by atoms with Gasteiger partial charge in [0.1, 0.15) is 11.3 Å². The van der Waals surface area contributed by atoms with Crippen molar-refractivity contribution in [3.63, 3.8) is 0 Å². The van der Waals surface area contributed by atoms with Crippen molar-refractivity contribution in [2.24, 2.45) is 0 Å². The molecule has 0 unspecified atom stereocenters. The van der Waals surface area contributed by atoms with Crippen molar-refractivity contribution in [3.8, 4) is 17.2 Å². The summed E-state index contributed by atoms with van der Waals surface area (Å²) in [6.45, 7) is 3.34. The van der Waals surface area contributed by atoms with Crippen LogP contribution in [0.4, 0.5) is 0 Å². The van der Waals surface area contributed by atoms with Crippen molar-refractivity contribution in [2.75, 3.05) is 13.4 Å². The van der Waals surface area contributed by atoms with E-state index in [-0.39, 0.29) is 24.1 Å². The number of fused-ring (bicyclic) bond motifs is 1. The molecule has 136 valence electrons. The first-order valence-corrected chi connectivity index (χ1v) is 8.09. The summed E-state index contributed by atoms with van der Waals surface area (Å²) in [5.41, 5.74) is 1.67. The maximum absolute atomic E-state index is 12.0. The van der Waals surface area contributed by atoms with Gasteiger partial charge in [0.05, 0.1) is 6.04 Å². The summed E-state index contributed by atoms with van der Waals surface area (Å²) in [7, 11) is 0. The zero-order valence-corrected chi connectivity index (χ0v) is 14.4. The van der Waals surface area contributed by atoms with Crippen LogP contribution >= 0.6 is 0 Å². The number of rotatable bonds is 5. The third kappa shape index (κ3) is 3.88. The van der Waals surface area contributed by atoms with E-state index in [1.54, 1.807) is 25.1 Å². The number of phenolic OH excluding ortho intramolecular Hbond substituents is 1. The molecule has 0 aromatic heterocycles. The fraction of sp³-hybridized carbons (Fsp3) is 0.263. The SMILES string of the molecule is Cc1ccc(C(=O)OCC(=O)N[C@@H](C)c2ccc3c(c2)OCO3)c(O)c1. The molecule has 0 saturated carbocycles. The van der Waals surface area contributed by atoms with Gasteiger partial charge in [0.25, 0.3) is 5.91 Å². The molecule has 7 heteroatoms. The molecule has 0 saturated heterocycles. The van der Waals surface area contributed by atoms with Crippen LogP contribution in [0.5, 0.6) is 17.2 Å². The van der Waals surface area contributed by atoms with Crippen LogP contribution in [0.2, 0.25) is 0 Å². The molecule has 0 spiro atoms. The lowest BCUT2D eigenvalue weighted by Crippen LogP contribution is -2.31. The molecule has 1 atom stereocenters. The maximum Gasteiger partial charge on any atom is 0.342 e. The Labute approximate surface area is 150 Å². The van der Waals surface area contributed by atoms with Crippen molar-refractivity contribution >= 4 is 11.9 Å². The van der Waals surface area contributed by atoms with Crippen molar-refractivity contribution < 1.29 is 28.9 Å². The molecular formula is C19H19NO6. The summed E-state index contributed by atoms with van der Waals surface area (Å²) >= 11 is 0. The van der Waals surface area contributed by atoms with Gasteiger partial charge in [-0.3, -0.25) is 4.79 Å². The van der Waals surface area contributed by atoms with Crippen LogP contribution in [0.1, 0.15) is 34.5 Å². The second-order valence-corrected chi connectivity index (χ2v) is 6.00. The fourth-order valence-electron chi connectivity index (χ4n) is 2.57. The minimum Gasteiger partial charge on any atom is -0.507 e. The van der Waals surface area contributed by atoms with Crippen molar-refractivity contribution in [2.45, 2.75) is 19.9 Å². The fourth-order valence-corrected chi connectivity index (χ4v) is 2.57. The first-order chi connectivity index (χ1) is 12.4. The van der Waals surface area contributed by atoms with Gasteiger partial charge in [0, 0.05) is 0 Å². The van der Waals surface area contributed by atoms with Crippen molar-refractivity contribution in [1.29, 1.82) is 0 Å². The molecule has 0 bridgehead atoms. The number of phenols is 1. The minimum absolute atomic E-state index is 0.0206. The van der Waals surface area contributed by atoms with E-state index in [2.05, 4.69) is 5.32 Å². The Bertz CT molecular complexity index is 848. The number of aromatic hydroxyl groups is 1. The Hall–Kier alpha value is -3.22. The summed E-state index contributed by atoms with van der Waals surface area (Å²) < 4.78 is 15.5. The van der Waals surface area contributed by atoms with E-state index in [1.165, 1.54) is 12.1 Å². The third-order valence-corrected chi connectivity index (χ3v) is 3.98. The van der Waals surface area contributed by atoms with Crippen LogP contribution in [0, 0.1) is 6.92 Å². The highest BCUT2D eigenvalue weighted by molar-refractivity contribution is 5.94. The summed E-state index contributed by atoms with van der Waals surface area (Å²) in [5.74, 6) is -0.0865. The van der Waals surface area contributed by atoms with Crippen LogP contribution in [-0.2, 0) is 9.53 Å². The van der Waals surface area contributed by atoms with Crippen LogP contribution in [0.25, 0.3) is 0 Å². The Morgan fingerprint density at radius 2 is 1.96 bits per heavy atom. The Morgan fingerprint density at radius 1 is 1.19 bits per heavy atom. The Balaban J connectivity index is 1.54. The number of nitrogens with one attached hydrogen (secondary N) is 1. The van der Waals surface area contributed by atoms with E-state index >= 15 is 0 Å². The summed E-state index contributed by atoms with van der Waals surface area (Å²) in [6.07, 6.45) is 0. The molecule has 2 aromatic carbocycles. The predicted octanol–water partition coefficient (Wildman–Crippen LogP) is 2.46. The molecule has 0 aliphatic carbocycles. The third-order valence-electron chi connectivity index (χ3n) is 3.98. The number of ether oxygens (including phenoxy) is 3. The maximum atomic E-state index is 12.0. The monoisotopic (exact) mass is 357 g/mol. The lowest BCUT2D eigenvalue weighted by Gasteiger charge is -2.15. The van der Waals surface area contributed by atoms with Gasteiger partial charge in [0.15, 0.2) is 18.1 Å². The predicted molar refractivity (Wildman–Crippen MR) is 92.2 cm³/mol. The normalized spacial score (nSPS) is 13.2. The molecule has 1 aliphatic heterocycles. The number of amides is 1. The summed E-state index contributed by atoms with van der Waals surface area (Å²) in [6, 6.07) is 9.69. The van der Waals surface area contributed by atoms with E-state index in [0.717, 1.165) is 11.1 Å². The topological polar surface area (TPSA) is 94.1 Å². The van der Waals surface area contributed by atoms with Crippen molar-refractivity contribution in [3.05, 3.63) is 53.1 Å². The van der Waals surface area contributed by atoms with Crippen LogP contribution < -0.4 is 14.8 Å². The van der Waals surface area contributed by atoms with Gasteiger partial charge in [-0.25, -0.2) is 4.79 Å². The average molecular weight is 357 g/mol. The van der Waals surface area contributed by atoms with Gasteiger partial charge < -0.3 is 24.6 Å². The largest absolute Gasteiger partial charge is 0.507 e. The van der Waals surface area contributed by atoms with E-state index < -0.39 is 18.5 Å². The van der Waals surface area contributed by atoms with Gasteiger partial charge in [-0.1, -0.05) is 12.1 Å². The number of carbonyl (C=O) groups excluding carboxylic acids is 2. The zero-order valence-electron chi connectivity index (χ0n) is 14.4. The lowest BCUT2D eigenvalue weighted by molar-refractivity contribution is -0.124.